The Morgan fingerprint density at radius 2 is 1.33 bits per heavy atom. The highest BCUT2D eigenvalue weighted by molar-refractivity contribution is 6.13. The minimum atomic E-state index is -1.02. The molecule has 1 fully saturated rings. The Balaban J connectivity index is 1.70. The number of anilines is 1. The topological polar surface area (TPSA) is 134 Å². The van der Waals surface area contributed by atoms with E-state index in [-0.39, 0.29) is 17.9 Å². The van der Waals surface area contributed by atoms with Gasteiger partial charge in [-0.25, -0.2) is 24.2 Å². The molecule has 0 saturated carbocycles. The second-order valence-corrected chi connectivity index (χ2v) is 15.4. The highest BCUT2D eigenvalue weighted by Gasteiger charge is 2.38. The van der Waals surface area contributed by atoms with Crippen LogP contribution in [0.15, 0.2) is 71.7 Å². The fourth-order valence-electron chi connectivity index (χ4n) is 5.71. The number of para-hydroxylation sites is 1. The lowest BCUT2D eigenvalue weighted by atomic mass is 10.1. The number of benzene rings is 2. The van der Waals surface area contributed by atoms with Crippen LogP contribution in [0.3, 0.4) is 0 Å². The van der Waals surface area contributed by atoms with Crippen molar-refractivity contribution in [2.45, 2.75) is 98.0 Å². The molecule has 4 aromatic rings. The smallest absolute Gasteiger partial charge is 0.425 e. The van der Waals surface area contributed by atoms with Crippen LogP contribution in [0.4, 0.5) is 20.2 Å². The van der Waals surface area contributed by atoms with Crippen molar-refractivity contribution in [2.24, 2.45) is 0 Å². The molecule has 0 unspecified atom stereocenters. The maximum atomic E-state index is 14.7. The van der Waals surface area contributed by atoms with Gasteiger partial charge in [0, 0.05) is 19.3 Å². The van der Waals surface area contributed by atoms with Crippen LogP contribution in [0.2, 0.25) is 0 Å². The van der Waals surface area contributed by atoms with Crippen LogP contribution in [-0.2, 0) is 14.2 Å². The number of ether oxygens (including phenoxy) is 4. The molecular weight excluding hydrogens is 654 g/mol. The Bertz CT molecular complexity index is 1920. The highest BCUT2D eigenvalue weighted by Crippen LogP contribution is 2.33. The second kappa shape index (κ2) is 14.1. The molecule has 0 bridgehead atoms. The number of pyridine rings is 1. The maximum Gasteiger partial charge on any atom is 0.425 e. The molecule has 2 aromatic heterocycles. The largest absolute Gasteiger partial charge is 0.457 e. The van der Waals surface area contributed by atoms with E-state index in [1.54, 1.807) is 102 Å². The van der Waals surface area contributed by atoms with Gasteiger partial charge in [0.25, 0.3) is 0 Å². The summed E-state index contributed by atoms with van der Waals surface area (Å²) in [4.78, 5) is 62.3. The van der Waals surface area contributed by atoms with E-state index in [1.165, 1.54) is 10.8 Å². The van der Waals surface area contributed by atoms with Gasteiger partial charge in [0.1, 0.15) is 33.8 Å². The summed E-state index contributed by atoms with van der Waals surface area (Å²) in [7, 11) is 0. The predicted octanol–water partition coefficient (Wildman–Crippen LogP) is 8.23. The van der Waals surface area contributed by atoms with E-state index >= 15 is 0 Å². The van der Waals surface area contributed by atoms with Crippen molar-refractivity contribution in [2.75, 3.05) is 18.0 Å². The molecular formula is C38H47N5O8. The zero-order valence-corrected chi connectivity index (χ0v) is 30.8. The number of amides is 3. The van der Waals surface area contributed by atoms with Crippen molar-refractivity contribution in [3.8, 4) is 17.2 Å². The standard InChI is InChI=1S/C38H47N5O8/c1-36(2,3)49-33(45)40-23-13-14-26(24-40)41-29-21-22-39-31(43(34(46)50-37(4,5)6)35(47)51-38(7,8)9)30(29)42(32(41)44)25-17-19-28(20-18-25)48-27-15-11-10-12-16-27/h10-12,15-22,26H,13-14,23-24H2,1-9H3/t26-/m1/s1. The molecule has 2 aromatic carbocycles. The van der Waals surface area contributed by atoms with Gasteiger partial charge in [-0.2, -0.15) is 4.90 Å². The number of fused-ring (bicyclic) bond motifs is 1. The number of imidazole rings is 1. The summed E-state index contributed by atoms with van der Waals surface area (Å²) in [5, 5.41) is 0. The van der Waals surface area contributed by atoms with Gasteiger partial charge in [0.15, 0.2) is 5.82 Å². The number of hydrogen-bond acceptors (Lipinski definition) is 9. The Hall–Kier alpha value is -5.33. The lowest BCUT2D eigenvalue weighted by Crippen LogP contribution is -2.45. The molecule has 5 rings (SSSR count). The summed E-state index contributed by atoms with van der Waals surface area (Å²) in [6.07, 6.45) is 0.107. The fraction of sp³-hybridized carbons (Fsp3) is 0.447. The van der Waals surface area contributed by atoms with Gasteiger partial charge in [-0.05, 0) is 118 Å². The molecule has 1 saturated heterocycles. The van der Waals surface area contributed by atoms with Gasteiger partial charge in [-0.1, -0.05) is 18.2 Å². The molecule has 13 heteroatoms. The van der Waals surface area contributed by atoms with Crippen molar-refractivity contribution in [1.82, 2.24) is 19.0 Å². The summed E-state index contributed by atoms with van der Waals surface area (Å²) in [5.41, 5.74) is -2.11. The van der Waals surface area contributed by atoms with Crippen LogP contribution >= 0.6 is 0 Å². The van der Waals surface area contributed by atoms with Crippen molar-refractivity contribution in [3.05, 3.63) is 77.3 Å². The first-order valence-electron chi connectivity index (χ1n) is 17.0. The molecule has 1 aliphatic heterocycles. The third-order valence-electron chi connectivity index (χ3n) is 7.62. The molecule has 0 spiro atoms. The normalized spacial score (nSPS) is 15.3. The van der Waals surface area contributed by atoms with Gasteiger partial charge in [-0.3, -0.25) is 9.13 Å². The van der Waals surface area contributed by atoms with Gasteiger partial charge < -0.3 is 23.8 Å². The van der Waals surface area contributed by atoms with Crippen molar-refractivity contribution >= 4 is 35.1 Å². The first kappa shape index (κ1) is 36.9. The quantitative estimate of drug-likeness (QED) is 0.189. The number of nitrogens with zero attached hydrogens (tertiary/aromatic N) is 5. The van der Waals surface area contributed by atoms with Crippen LogP contribution in [-0.4, -0.2) is 67.2 Å². The van der Waals surface area contributed by atoms with E-state index in [0.29, 0.717) is 42.1 Å². The zero-order valence-electron chi connectivity index (χ0n) is 30.8. The van der Waals surface area contributed by atoms with E-state index < -0.39 is 46.8 Å². The number of piperidine rings is 1. The summed E-state index contributed by atoms with van der Waals surface area (Å²) in [6, 6.07) is 17.3. The third kappa shape index (κ3) is 8.89. The lowest BCUT2D eigenvalue weighted by molar-refractivity contribution is 0.0172. The summed E-state index contributed by atoms with van der Waals surface area (Å²) in [6.45, 7) is 16.1. The molecule has 0 aliphatic carbocycles. The van der Waals surface area contributed by atoms with Crippen LogP contribution in [0.1, 0.15) is 81.2 Å². The van der Waals surface area contributed by atoms with E-state index in [2.05, 4.69) is 4.98 Å². The molecule has 13 nitrogen and oxygen atoms in total. The molecule has 0 radical (unpaired) electrons. The maximum absolute atomic E-state index is 14.7. The molecule has 1 aliphatic rings. The fourth-order valence-corrected chi connectivity index (χ4v) is 5.71. The molecule has 51 heavy (non-hydrogen) atoms. The van der Waals surface area contributed by atoms with Gasteiger partial charge in [0.05, 0.1) is 17.2 Å². The highest BCUT2D eigenvalue weighted by atomic mass is 16.6. The molecule has 272 valence electrons. The van der Waals surface area contributed by atoms with E-state index in [0.717, 1.165) is 4.90 Å². The minimum absolute atomic E-state index is 0.156. The number of hydrogen-bond donors (Lipinski definition) is 0. The van der Waals surface area contributed by atoms with Crippen LogP contribution in [0.25, 0.3) is 16.7 Å². The number of carbonyl (C=O) groups is 3. The van der Waals surface area contributed by atoms with E-state index in [1.807, 2.05) is 30.3 Å². The van der Waals surface area contributed by atoms with Gasteiger partial charge >= 0.3 is 24.0 Å². The first-order valence-corrected chi connectivity index (χ1v) is 17.0. The zero-order chi connectivity index (χ0) is 37.3. The molecule has 0 N–H and O–H groups in total. The first-order chi connectivity index (χ1) is 23.8. The average molecular weight is 702 g/mol. The Morgan fingerprint density at radius 1 is 0.765 bits per heavy atom. The van der Waals surface area contributed by atoms with Crippen molar-refractivity contribution < 1.29 is 33.3 Å². The number of likely N-dealkylation sites (tertiary alicyclic amines) is 1. The molecule has 1 atom stereocenters. The van der Waals surface area contributed by atoms with Gasteiger partial charge in [-0.15, -0.1) is 0 Å². The summed E-state index contributed by atoms with van der Waals surface area (Å²) >= 11 is 0. The minimum Gasteiger partial charge on any atom is -0.457 e. The van der Waals surface area contributed by atoms with Crippen LogP contribution in [0, 0.1) is 0 Å². The van der Waals surface area contributed by atoms with Crippen molar-refractivity contribution in [1.29, 1.82) is 0 Å². The Labute approximate surface area is 297 Å². The molecule has 3 heterocycles. The number of rotatable bonds is 5. The predicted molar refractivity (Wildman–Crippen MR) is 193 cm³/mol. The Morgan fingerprint density at radius 3 is 1.90 bits per heavy atom. The Kier molecular flexibility index (Phi) is 10.2. The third-order valence-corrected chi connectivity index (χ3v) is 7.62. The number of aromatic nitrogens is 3. The van der Waals surface area contributed by atoms with Gasteiger partial charge in [0.2, 0.25) is 0 Å². The second-order valence-electron chi connectivity index (χ2n) is 15.4. The lowest BCUT2D eigenvalue weighted by Gasteiger charge is -2.34. The van der Waals surface area contributed by atoms with Crippen LogP contribution < -0.4 is 15.3 Å². The molecule has 3 amide bonds. The van der Waals surface area contributed by atoms with E-state index in [4.69, 9.17) is 18.9 Å². The van der Waals surface area contributed by atoms with E-state index in [9.17, 15) is 19.2 Å². The number of imide groups is 1. The average Bonchev–Trinajstić information content (AvgIpc) is 3.32. The van der Waals surface area contributed by atoms with Crippen LogP contribution in [0.5, 0.6) is 11.5 Å². The SMILES string of the molecule is CC(C)(C)OC(=O)N1CCC[C@@H](n2c(=O)n(-c3ccc(Oc4ccccc4)cc3)c3c(N(C(=O)OC(C)(C)C)C(=O)OC(C)(C)C)nccc32)C1. The van der Waals surface area contributed by atoms with Crippen molar-refractivity contribution in [3.63, 3.8) is 0 Å². The summed E-state index contributed by atoms with van der Waals surface area (Å²) in [5.74, 6) is 1.02. The monoisotopic (exact) mass is 701 g/mol. The summed E-state index contributed by atoms with van der Waals surface area (Å²) < 4.78 is 26.0. The number of carbonyl (C=O) groups excluding carboxylic acids is 3.